The van der Waals surface area contributed by atoms with Crippen molar-refractivity contribution in [2.24, 2.45) is 11.1 Å². The van der Waals surface area contributed by atoms with Crippen LogP contribution in [0.5, 0.6) is 5.75 Å². The van der Waals surface area contributed by atoms with Gasteiger partial charge in [0.05, 0.1) is 12.1 Å². The number of amides is 2. The van der Waals surface area contributed by atoms with Crippen LogP contribution in [0.2, 0.25) is 0 Å². The van der Waals surface area contributed by atoms with Crippen LogP contribution in [-0.2, 0) is 29.0 Å². The van der Waals surface area contributed by atoms with Crippen LogP contribution in [-0.4, -0.2) is 33.9 Å². The van der Waals surface area contributed by atoms with Crippen molar-refractivity contribution in [1.29, 1.82) is 0 Å². The Hall–Kier alpha value is -2.86. The fourth-order valence-corrected chi connectivity index (χ4v) is 4.76. The molecule has 3 atom stereocenters. The highest BCUT2D eigenvalue weighted by atomic mass is 16.3. The van der Waals surface area contributed by atoms with E-state index in [2.05, 4.69) is 17.4 Å². The van der Waals surface area contributed by atoms with Crippen LogP contribution in [0, 0.1) is 5.41 Å². The third kappa shape index (κ3) is 4.37. The van der Waals surface area contributed by atoms with Crippen LogP contribution < -0.4 is 11.1 Å². The van der Waals surface area contributed by atoms with E-state index in [0.29, 0.717) is 6.42 Å². The SMILES string of the molecule is CC(C)(C)C(N)C(=O)N1Cc2cc(O)ccc2CC1C(=O)N[C@@H]1CCCc2ccccc21. The highest BCUT2D eigenvalue weighted by molar-refractivity contribution is 5.91. The van der Waals surface area contributed by atoms with E-state index < -0.39 is 17.5 Å². The minimum atomic E-state index is -0.730. The van der Waals surface area contributed by atoms with Crippen LogP contribution in [0.25, 0.3) is 0 Å². The summed E-state index contributed by atoms with van der Waals surface area (Å²) in [7, 11) is 0. The molecule has 1 aliphatic carbocycles. The summed E-state index contributed by atoms with van der Waals surface area (Å²) < 4.78 is 0. The number of carbonyl (C=O) groups is 2. The molecule has 2 aromatic rings. The summed E-state index contributed by atoms with van der Waals surface area (Å²) in [6, 6.07) is 12.0. The molecular weight excluding hydrogens is 402 g/mol. The van der Waals surface area contributed by atoms with E-state index in [1.54, 1.807) is 17.0 Å². The third-order valence-corrected chi connectivity index (χ3v) is 6.79. The standard InChI is InChI=1S/C26H33N3O3/c1-26(2,3)23(27)25(32)29-15-18-13-19(30)12-11-17(18)14-22(29)24(31)28-21-10-6-8-16-7-4-5-9-20(16)21/h4-5,7,9,11-13,21-23,30H,6,8,10,14-15,27H2,1-3H3,(H,28,31)/t21-,22?,23?/m1/s1. The number of phenols is 1. The largest absolute Gasteiger partial charge is 0.508 e. The fourth-order valence-electron chi connectivity index (χ4n) is 4.76. The Labute approximate surface area is 189 Å². The van der Waals surface area contributed by atoms with E-state index in [0.717, 1.165) is 36.0 Å². The van der Waals surface area contributed by atoms with E-state index in [-0.39, 0.29) is 30.2 Å². The van der Waals surface area contributed by atoms with Gasteiger partial charge >= 0.3 is 0 Å². The Morgan fingerprint density at radius 3 is 2.62 bits per heavy atom. The van der Waals surface area contributed by atoms with Crippen LogP contribution >= 0.6 is 0 Å². The molecule has 0 spiro atoms. The Morgan fingerprint density at radius 1 is 1.12 bits per heavy atom. The van der Waals surface area contributed by atoms with Crippen molar-refractivity contribution in [1.82, 2.24) is 10.2 Å². The van der Waals surface area contributed by atoms with Gasteiger partial charge in [-0.25, -0.2) is 0 Å². The molecule has 4 rings (SSSR count). The van der Waals surface area contributed by atoms with Crippen molar-refractivity contribution in [3.63, 3.8) is 0 Å². The van der Waals surface area contributed by atoms with Crippen molar-refractivity contribution in [3.8, 4) is 5.75 Å². The Morgan fingerprint density at radius 2 is 1.88 bits per heavy atom. The molecule has 2 amide bonds. The van der Waals surface area contributed by atoms with Crippen LogP contribution in [0.4, 0.5) is 0 Å². The van der Waals surface area contributed by atoms with E-state index >= 15 is 0 Å². The first kappa shape index (κ1) is 22.3. The zero-order chi connectivity index (χ0) is 23.0. The molecule has 2 aliphatic rings. The number of hydrogen-bond acceptors (Lipinski definition) is 4. The summed E-state index contributed by atoms with van der Waals surface area (Å²) in [5.41, 5.74) is 10.1. The summed E-state index contributed by atoms with van der Waals surface area (Å²) in [5, 5.41) is 13.2. The van der Waals surface area contributed by atoms with E-state index in [1.807, 2.05) is 39.0 Å². The third-order valence-electron chi connectivity index (χ3n) is 6.79. The first-order chi connectivity index (χ1) is 15.1. The number of nitrogens with one attached hydrogen (secondary N) is 1. The number of aryl methyl sites for hydroxylation is 1. The number of hydrogen-bond donors (Lipinski definition) is 3. The maximum atomic E-state index is 13.5. The molecule has 4 N–H and O–H groups in total. The zero-order valence-electron chi connectivity index (χ0n) is 19.1. The van der Waals surface area contributed by atoms with Gasteiger partial charge in [-0.1, -0.05) is 51.1 Å². The fraction of sp³-hybridized carbons (Fsp3) is 0.462. The molecule has 1 aliphatic heterocycles. The molecule has 0 bridgehead atoms. The van der Waals surface area contributed by atoms with Gasteiger partial charge in [0.2, 0.25) is 11.8 Å². The smallest absolute Gasteiger partial charge is 0.243 e. The summed E-state index contributed by atoms with van der Waals surface area (Å²) in [5.74, 6) is -0.242. The minimum absolute atomic E-state index is 0.0538. The molecule has 0 saturated carbocycles. The van der Waals surface area contributed by atoms with Gasteiger partial charge in [-0.3, -0.25) is 9.59 Å². The second-order valence-corrected chi connectivity index (χ2v) is 10.1. The van der Waals surface area contributed by atoms with Gasteiger partial charge in [-0.05, 0) is 59.1 Å². The number of aromatic hydroxyl groups is 1. The molecule has 0 fully saturated rings. The van der Waals surface area contributed by atoms with Crippen molar-refractivity contribution in [2.45, 2.75) is 71.1 Å². The van der Waals surface area contributed by atoms with E-state index in [1.165, 1.54) is 5.56 Å². The van der Waals surface area contributed by atoms with Crippen molar-refractivity contribution in [2.75, 3.05) is 0 Å². The van der Waals surface area contributed by atoms with Crippen molar-refractivity contribution < 1.29 is 14.7 Å². The molecular formula is C26H33N3O3. The monoisotopic (exact) mass is 435 g/mol. The molecule has 2 unspecified atom stereocenters. The van der Waals surface area contributed by atoms with Gasteiger partial charge in [0, 0.05) is 13.0 Å². The second-order valence-electron chi connectivity index (χ2n) is 10.1. The lowest BCUT2D eigenvalue weighted by Gasteiger charge is -2.40. The minimum Gasteiger partial charge on any atom is -0.508 e. The highest BCUT2D eigenvalue weighted by Gasteiger charge is 2.40. The summed E-state index contributed by atoms with van der Waals surface area (Å²) >= 11 is 0. The van der Waals surface area contributed by atoms with E-state index in [4.69, 9.17) is 5.73 Å². The number of rotatable bonds is 3. The lowest BCUT2D eigenvalue weighted by Crippen LogP contribution is -2.59. The van der Waals surface area contributed by atoms with Gasteiger partial charge in [0.1, 0.15) is 11.8 Å². The second kappa shape index (κ2) is 8.58. The number of phenolic OH excluding ortho intramolecular Hbond substituents is 1. The van der Waals surface area contributed by atoms with Crippen LogP contribution in [0.15, 0.2) is 42.5 Å². The lowest BCUT2D eigenvalue weighted by atomic mass is 9.84. The molecule has 2 aromatic carbocycles. The summed E-state index contributed by atoms with van der Waals surface area (Å²) in [4.78, 5) is 28.5. The number of nitrogens with two attached hydrogens (primary N) is 1. The van der Waals surface area contributed by atoms with Gasteiger partial charge in [-0.2, -0.15) is 0 Å². The zero-order valence-corrected chi connectivity index (χ0v) is 19.1. The summed E-state index contributed by atoms with van der Waals surface area (Å²) in [6.07, 6.45) is 3.33. The van der Waals surface area contributed by atoms with Gasteiger partial charge in [0.25, 0.3) is 0 Å². The number of carbonyl (C=O) groups excluding carboxylic acids is 2. The Balaban J connectivity index is 1.62. The molecule has 32 heavy (non-hydrogen) atoms. The van der Waals surface area contributed by atoms with Crippen molar-refractivity contribution >= 4 is 11.8 Å². The number of fused-ring (bicyclic) bond motifs is 2. The quantitative estimate of drug-likeness (QED) is 0.690. The lowest BCUT2D eigenvalue weighted by molar-refractivity contribution is -0.145. The first-order valence-electron chi connectivity index (χ1n) is 11.4. The predicted octanol–water partition coefficient (Wildman–Crippen LogP) is 3.21. The normalized spacial score (nSPS) is 21.3. The average Bonchev–Trinajstić information content (AvgIpc) is 2.76. The maximum absolute atomic E-state index is 13.5. The highest BCUT2D eigenvalue weighted by Crippen LogP contribution is 2.32. The maximum Gasteiger partial charge on any atom is 0.243 e. The molecule has 0 radical (unpaired) electrons. The molecule has 6 nitrogen and oxygen atoms in total. The molecule has 0 aromatic heterocycles. The van der Waals surface area contributed by atoms with Crippen LogP contribution in [0.1, 0.15) is 61.9 Å². The average molecular weight is 436 g/mol. The van der Waals surface area contributed by atoms with Gasteiger partial charge in [-0.15, -0.1) is 0 Å². The molecule has 1 heterocycles. The molecule has 170 valence electrons. The molecule has 0 saturated heterocycles. The number of benzene rings is 2. The van der Waals surface area contributed by atoms with E-state index in [9.17, 15) is 14.7 Å². The first-order valence-corrected chi connectivity index (χ1v) is 11.4. The Bertz CT molecular complexity index is 1030. The summed E-state index contributed by atoms with van der Waals surface area (Å²) in [6.45, 7) is 6.03. The molecule has 6 heteroatoms. The van der Waals surface area contributed by atoms with Crippen molar-refractivity contribution in [3.05, 3.63) is 64.7 Å². The van der Waals surface area contributed by atoms with Gasteiger partial charge in [0.15, 0.2) is 0 Å². The predicted molar refractivity (Wildman–Crippen MR) is 124 cm³/mol. The van der Waals surface area contributed by atoms with Gasteiger partial charge < -0.3 is 21.1 Å². The topological polar surface area (TPSA) is 95.7 Å². The number of nitrogens with zero attached hydrogens (tertiary/aromatic N) is 1. The Kier molecular flexibility index (Phi) is 5.99. The van der Waals surface area contributed by atoms with Crippen LogP contribution in [0.3, 0.4) is 0 Å².